The van der Waals surface area contributed by atoms with E-state index >= 15 is 0 Å². The van der Waals surface area contributed by atoms with Gasteiger partial charge in [0.1, 0.15) is 11.9 Å². The molecule has 2 nitrogen and oxygen atoms in total. The summed E-state index contributed by atoms with van der Waals surface area (Å²) in [7, 11) is 0. The van der Waals surface area contributed by atoms with Gasteiger partial charge in [-0.05, 0) is 29.8 Å². The molecule has 0 amide bonds. The molecule has 0 aliphatic rings. The van der Waals surface area contributed by atoms with Crippen molar-refractivity contribution in [1.82, 2.24) is 4.98 Å². The van der Waals surface area contributed by atoms with Gasteiger partial charge in [-0.3, -0.25) is 4.98 Å². The summed E-state index contributed by atoms with van der Waals surface area (Å²) in [4.78, 5) is 4.22. The quantitative estimate of drug-likeness (QED) is 0.758. The van der Waals surface area contributed by atoms with E-state index in [1.54, 1.807) is 30.5 Å². The average Bonchev–Trinajstić information content (AvgIpc) is 2.46. The highest BCUT2D eigenvalue weighted by Crippen LogP contribution is 2.26. The van der Waals surface area contributed by atoms with E-state index < -0.39 is 11.9 Å². The van der Waals surface area contributed by atoms with Gasteiger partial charge in [0.05, 0.1) is 5.52 Å². The molecule has 0 fully saturated rings. The molecule has 0 saturated heterocycles. The Balaban J connectivity index is 2.07. The molecule has 3 heteroatoms. The first-order valence-electron chi connectivity index (χ1n) is 6.03. The number of fused-ring (bicyclic) bond motifs is 1. The minimum atomic E-state index is -0.967. The Morgan fingerprint density at radius 1 is 1.00 bits per heavy atom. The van der Waals surface area contributed by atoms with E-state index in [4.69, 9.17) is 0 Å². The van der Waals surface area contributed by atoms with Crippen LogP contribution in [0.5, 0.6) is 0 Å². The number of hydrogen-bond donors (Lipinski definition) is 1. The van der Waals surface area contributed by atoms with Crippen LogP contribution in [0.4, 0.5) is 4.39 Å². The highest BCUT2D eigenvalue weighted by molar-refractivity contribution is 5.79. The molecule has 0 aliphatic heterocycles. The molecule has 0 saturated carbocycles. The molecule has 1 N–H and O–H groups in total. The van der Waals surface area contributed by atoms with Crippen molar-refractivity contribution >= 4 is 10.9 Å². The average molecular weight is 253 g/mol. The fourth-order valence-electron chi connectivity index (χ4n) is 2.14. The maximum absolute atomic E-state index is 13.7. The highest BCUT2D eigenvalue weighted by Gasteiger charge is 2.14. The molecule has 1 aromatic heterocycles. The fraction of sp³-hybridized carbons (Fsp3) is 0.0625. The number of aliphatic hydroxyl groups excluding tert-OH is 1. The van der Waals surface area contributed by atoms with Crippen LogP contribution < -0.4 is 0 Å². The minimum Gasteiger partial charge on any atom is -0.384 e. The highest BCUT2D eigenvalue weighted by atomic mass is 19.1. The zero-order valence-electron chi connectivity index (χ0n) is 10.1. The zero-order chi connectivity index (χ0) is 13.2. The zero-order valence-corrected chi connectivity index (χ0v) is 10.1. The molecule has 19 heavy (non-hydrogen) atoms. The second kappa shape index (κ2) is 4.78. The van der Waals surface area contributed by atoms with E-state index in [1.165, 1.54) is 6.07 Å². The second-order valence-corrected chi connectivity index (χ2v) is 4.38. The molecule has 94 valence electrons. The topological polar surface area (TPSA) is 33.1 Å². The van der Waals surface area contributed by atoms with Gasteiger partial charge >= 0.3 is 0 Å². The normalized spacial score (nSPS) is 12.5. The monoisotopic (exact) mass is 253 g/mol. The number of pyridine rings is 1. The lowest BCUT2D eigenvalue weighted by Crippen LogP contribution is -2.02. The lowest BCUT2D eigenvalue weighted by molar-refractivity contribution is 0.215. The van der Waals surface area contributed by atoms with Crippen LogP contribution in [-0.4, -0.2) is 10.1 Å². The van der Waals surface area contributed by atoms with E-state index in [0.717, 1.165) is 10.9 Å². The van der Waals surface area contributed by atoms with Gasteiger partial charge in [-0.15, -0.1) is 0 Å². The van der Waals surface area contributed by atoms with E-state index in [9.17, 15) is 9.50 Å². The Kier molecular flexibility index (Phi) is 2.97. The molecule has 0 spiro atoms. The van der Waals surface area contributed by atoms with Gasteiger partial charge in [0.25, 0.3) is 0 Å². The van der Waals surface area contributed by atoms with E-state index in [0.29, 0.717) is 5.56 Å². The summed E-state index contributed by atoms with van der Waals surface area (Å²) in [6.45, 7) is 0. The molecule has 2 aromatic carbocycles. The molecule has 3 rings (SSSR count). The first-order valence-corrected chi connectivity index (χ1v) is 6.03. The van der Waals surface area contributed by atoms with Crippen LogP contribution >= 0.6 is 0 Å². The Bertz CT molecular complexity index is 727. The standard InChI is InChI=1S/C16H12FNO/c17-14-6-2-1-5-13(14)16(19)12-7-8-15-11(10-12)4-3-9-18-15/h1-10,16,19H. The maximum Gasteiger partial charge on any atom is 0.129 e. The van der Waals surface area contributed by atoms with Crippen LogP contribution in [0.3, 0.4) is 0 Å². The number of benzene rings is 2. The van der Waals surface area contributed by atoms with Gasteiger partial charge < -0.3 is 5.11 Å². The summed E-state index contributed by atoms with van der Waals surface area (Å²) >= 11 is 0. The summed E-state index contributed by atoms with van der Waals surface area (Å²) in [5, 5.41) is 11.2. The minimum absolute atomic E-state index is 0.283. The van der Waals surface area contributed by atoms with Crippen LogP contribution in [0.2, 0.25) is 0 Å². The molecule has 1 unspecified atom stereocenters. The maximum atomic E-state index is 13.7. The molecule has 0 radical (unpaired) electrons. The van der Waals surface area contributed by atoms with Crippen molar-refractivity contribution in [2.24, 2.45) is 0 Å². The predicted octanol–water partition coefficient (Wildman–Crippen LogP) is 3.46. The van der Waals surface area contributed by atoms with Crippen molar-refractivity contribution in [2.75, 3.05) is 0 Å². The SMILES string of the molecule is OC(c1ccc2ncccc2c1)c1ccccc1F. The summed E-state index contributed by atoms with van der Waals surface area (Å²) in [5.74, 6) is -0.402. The first-order chi connectivity index (χ1) is 9.25. The number of rotatable bonds is 2. The van der Waals surface area contributed by atoms with Crippen molar-refractivity contribution in [3.05, 3.63) is 77.7 Å². The molecular formula is C16H12FNO. The Labute approximate surface area is 110 Å². The summed E-state index contributed by atoms with van der Waals surface area (Å²) in [5.41, 5.74) is 1.79. The van der Waals surface area contributed by atoms with Crippen molar-refractivity contribution in [3.63, 3.8) is 0 Å². The molecule has 1 heterocycles. The number of aromatic nitrogens is 1. The molecule has 3 aromatic rings. The van der Waals surface area contributed by atoms with E-state index in [2.05, 4.69) is 4.98 Å². The van der Waals surface area contributed by atoms with Gasteiger partial charge in [-0.25, -0.2) is 4.39 Å². The van der Waals surface area contributed by atoms with Crippen LogP contribution in [-0.2, 0) is 0 Å². The predicted molar refractivity (Wildman–Crippen MR) is 72.2 cm³/mol. The van der Waals surface area contributed by atoms with Gasteiger partial charge in [0, 0.05) is 17.1 Å². The smallest absolute Gasteiger partial charge is 0.129 e. The van der Waals surface area contributed by atoms with Gasteiger partial charge in [-0.2, -0.15) is 0 Å². The molecular weight excluding hydrogens is 241 g/mol. The molecule has 0 bridgehead atoms. The number of hydrogen-bond acceptors (Lipinski definition) is 2. The van der Waals surface area contributed by atoms with Gasteiger partial charge in [0.2, 0.25) is 0 Å². The third-order valence-electron chi connectivity index (χ3n) is 3.14. The van der Waals surface area contributed by atoms with Crippen LogP contribution in [0.1, 0.15) is 17.2 Å². The summed E-state index contributed by atoms with van der Waals surface area (Å²) < 4.78 is 13.7. The number of aliphatic hydroxyl groups is 1. The third-order valence-corrected chi connectivity index (χ3v) is 3.14. The van der Waals surface area contributed by atoms with Crippen molar-refractivity contribution in [2.45, 2.75) is 6.10 Å². The second-order valence-electron chi connectivity index (χ2n) is 4.38. The van der Waals surface area contributed by atoms with Crippen LogP contribution in [0, 0.1) is 5.82 Å². The van der Waals surface area contributed by atoms with Crippen LogP contribution in [0.25, 0.3) is 10.9 Å². The van der Waals surface area contributed by atoms with E-state index in [1.807, 2.05) is 24.3 Å². The van der Waals surface area contributed by atoms with Crippen molar-refractivity contribution in [3.8, 4) is 0 Å². The fourth-order valence-corrected chi connectivity index (χ4v) is 2.14. The summed E-state index contributed by atoms with van der Waals surface area (Å²) in [6.07, 6.45) is 0.751. The Hall–Kier alpha value is -2.26. The largest absolute Gasteiger partial charge is 0.384 e. The lowest BCUT2D eigenvalue weighted by Gasteiger charge is -2.12. The Morgan fingerprint density at radius 2 is 1.84 bits per heavy atom. The third kappa shape index (κ3) is 2.20. The van der Waals surface area contributed by atoms with Crippen molar-refractivity contribution in [1.29, 1.82) is 0 Å². The lowest BCUT2D eigenvalue weighted by atomic mass is 9.99. The van der Waals surface area contributed by atoms with Crippen molar-refractivity contribution < 1.29 is 9.50 Å². The molecule has 0 aliphatic carbocycles. The van der Waals surface area contributed by atoms with Gasteiger partial charge in [0.15, 0.2) is 0 Å². The summed E-state index contributed by atoms with van der Waals surface area (Å²) in [6, 6.07) is 15.4. The first kappa shape index (κ1) is 11.8. The number of nitrogens with zero attached hydrogens (tertiary/aromatic N) is 1. The Morgan fingerprint density at radius 3 is 2.68 bits per heavy atom. The van der Waals surface area contributed by atoms with E-state index in [-0.39, 0.29) is 5.56 Å². The van der Waals surface area contributed by atoms with Gasteiger partial charge in [-0.1, -0.05) is 30.3 Å². The molecule has 1 atom stereocenters. The van der Waals surface area contributed by atoms with Crippen LogP contribution in [0.15, 0.2) is 60.8 Å². The number of halogens is 1.